The van der Waals surface area contributed by atoms with E-state index in [0.717, 1.165) is 17.9 Å². The lowest BCUT2D eigenvalue weighted by atomic mass is 9.83. The Morgan fingerprint density at radius 1 is 1.12 bits per heavy atom. The van der Waals surface area contributed by atoms with Gasteiger partial charge >= 0.3 is 6.03 Å². The number of urea groups is 1. The summed E-state index contributed by atoms with van der Waals surface area (Å²) in [7, 11) is 1.65. The number of para-hydroxylation sites is 1. The quantitative estimate of drug-likeness (QED) is 0.578. The average molecular weight is 457 g/mol. The molecule has 0 spiro atoms. The van der Waals surface area contributed by atoms with Crippen LogP contribution in [0.2, 0.25) is 0 Å². The molecule has 3 aliphatic heterocycles. The van der Waals surface area contributed by atoms with Gasteiger partial charge in [-0.3, -0.25) is 9.59 Å². The molecule has 0 bridgehead atoms. The third-order valence-corrected chi connectivity index (χ3v) is 7.28. The van der Waals surface area contributed by atoms with E-state index in [0.29, 0.717) is 37.2 Å². The number of anilines is 1. The second kappa shape index (κ2) is 11.1. The minimum absolute atomic E-state index is 0.0280. The first-order valence-electron chi connectivity index (χ1n) is 12.3. The molecule has 4 amide bonds. The Labute approximate surface area is 196 Å². The van der Waals surface area contributed by atoms with Crippen LogP contribution in [0.4, 0.5) is 10.5 Å². The van der Waals surface area contributed by atoms with Crippen LogP contribution in [0.25, 0.3) is 0 Å². The van der Waals surface area contributed by atoms with Gasteiger partial charge in [-0.2, -0.15) is 0 Å². The molecule has 3 unspecified atom stereocenters. The summed E-state index contributed by atoms with van der Waals surface area (Å²) in [6, 6.07) is 8.35. The van der Waals surface area contributed by atoms with E-state index in [-0.39, 0.29) is 18.2 Å². The number of nitrogens with one attached hydrogen (secondary N) is 1. The maximum atomic E-state index is 13.2. The van der Waals surface area contributed by atoms with Gasteiger partial charge in [-0.15, -0.1) is 0 Å². The lowest BCUT2D eigenvalue weighted by Gasteiger charge is -2.45. The molecule has 3 heterocycles. The number of carbonyl (C=O) groups is 3. The van der Waals surface area contributed by atoms with E-state index in [4.69, 9.17) is 4.74 Å². The van der Waals surface area contributed by atoms with Crippen LogP contribution in [0.3, 0.4) is 0 Å². The fourth-order valence-electron chi connectivity index (χ4n) is 5.57. The summed E-state index contributed by atoms with van der Waals surface area (Å²) in [5.74, 6) is 0.217. The van der Waals surface area contributed by atoms with Crippen molar-refractivity contribution < 1.29 is 19.1 Å². The molecule has 1 aromatic carbocycles. The molecule has 3 atom stereocenters. The van der Waals surface area contributed by atoms with Crippen LogP contribution in [-0.4, -0.2) is 79.6 Å². The summed E-state index contributed by atoms with van der Waals surface area (Å²) in [5, 5.41) is 2.74. The summed E-state index contributed by atoms with van der Waals surface area (Å²) in [6.45, 7) is 4.14. The highest BCUT2D eigenvalue weighted by atomic mass is 16.5. The van der Waals surface area contributed by atoms with Crippen molar-refractivity contribution in [3.63, 3.8) is 0 Å². The van der Waals surface area contributed by atoms with Crippen molar-refractivity contribution in [2.24, 2.45) is 5.92 Å². The molecule has 8 nitrogen and oxygen atoms in total. The number of hydrogen-bond donors (Lipinski definition) is 1. The predicted octanol–water partition coefficient (Wildman–Crippen LogP) is 2.63. The molecular formula is C25H36N4O4. The van der Waals surface area contributed by atoms with Crippen molar-refractivity contribution in [1.29, 1.82) is 0 Å². The number of amides is 4. The highest BCUT2D eigenvalue weighted by Crippen LogP contribution is 2.31. The third-order valence-electron chi connectivity index (χ3n) is 7.28. The van der Waals surface area contributed by atoms with E-state index in [1.165, 1.54) is 38.8 Å². The van der Waals surface area contributed by atoms with Crippen LogP contribution in [0.5, 0.6) is 0 Å². The van der Waals surface area contributed by atoms with Gasteiger partial charge in [-0.1, -0.05) is 24.6 Å². The number of carbonyl (C=O) groups excluding carboxylic acids is 3. The molecule has 4 rings (SSSR count). The zero-order valence-corrected chi connectivity index (χ0v) is 19.6. The lowest BCUT2D eigenvalue weighted by molar-refractivity contribution is -0.133. The number of ether oxygens (including phenoxy) is 1. The van der Waals surface area contributed by atoms with E-state index in [1.54, 1.807) is 31.4 Å². The van der Waals surface area contributed by atoms with Gasteiger partial charge in [-0.25, -0.2) is 9.69 Å². The third kappa shape index (κ3) is 5.55. The highest BCUT2D eigenvalue weighted by Gasteiger charge is 2.39. The Morgan fingerprint density at radius 3 is 2.70 bits per heavy atom. The number of nitrogens with zero attached hydrogens (tertiary/aromatic N) is 3. The van der Waals surface area contributed by atoms with Crippen molar-refractivity contribution in [1.82, 2.24) is 15.1 Å². The normalized spacial score (nSPS) is 25.6. The maximum Gasteiger partial charge on any atom is 0.329 e. The zero-order valence-electron chi connectivity index (χ0n) is 19.6. The first-order valence-corrected chi connectivity index (χ1v) is 12.3. The Hall–Kier alpha value is -2.45. The number of benzene rings is 1. The number of hydrogen-bond acceptors (Lipinski definition) is 5. The molecule has 1 aromatic rings. The largest absolute Gasteiger partial charge is 0.383 e. The molecule has 0 aliphatic carbocycles. The average Bonchev–Trinajstić information content (AvgIpc) is 3.13. The molecule has 180 valence electrons. The van der Waals surface area contributed by atoms with Crippen LogP contribution in [0.15, 0.2) is 30.3 Å². The van der Waals surface area contributed by atoms with Gasteiger partial charge in [0.15, 0.2) is 0 Å². The van der Waals surface area contributed by atoms with E-state index in [2.05, 4.69) is 10.2 Å². The number of imide groups is 1. The molecule has 33 heavy (non-hydrogen) atoms. The van der Waals surface area contributed by atoms with Gasteiger partial charge in [-0.05, 0) is 63.2 Å². The van der Waals surface area contributed by atoms with Gasteiger partial charge < -0.3 is 19.9 Å². The van der Waals surface area contributed by atoms with Gasteiger partial charge in [0.05, 0.1) is 12.3 Å². The van der Waals surface area contributed by atoms with Crippen molar-refractivity contribution in [2.75, 3.05) is 44.8 Å². The van der Waals surface area contributed by atoms with Crippen molar-refractivity contribution in [3.8, 4) is 0 Å². The van der Waals surface area contributed by atoms with E-state index < -0.39 is 12.1 Å². The zero-order chi connectivity index (χ0) is 23.2. The highest BCUT2D eigenvalue weighted by molar-refractivity contribution is 6.21. The molecular weight excluding hydrogens is 420 g/mol. The lowest BCUT2D eigenvalue weighted by Crippen LogP contribution is -2.52. The Bertz CT molecular complexity index is 831. The van der Waals surface area contributed by atoms with E-state index in [1.807, 2.05) is 11.0 Å². The topological polar surface area (TPSA) is 82.2 Å². The van der Waals surface area contributed by atoms with Crippen LogP contribution in [0, 0.1) is 5.92 Å². The first-order chi connectivity index (χ1) is 16.1. The van der Waals surface area contributed by atoms with Crippen molar-refractivity contribution in [2.45, 2.75) is 57.0 Å². The monoisotopic (exact) mass is 456 g/mol. The minimum Gasteiger partial charge on any atom is -0.383 e. The molecule has 3 aliphatic rings. The minimum atomic E-state index is -0.672. The Kier molecular flexibility index (Phi) is 7.98. The number of rotatable bonds is 9. The summed E-state index contributed by atoms with van der Waals surface area (Å²) < 4.78 is 5.27. The van der Waals surface area contributed by atoms with Crippen molar-refractivity contribution in [3.05, 3.63) is 30.3 Å². The van der Waals surface area contributed by atoms with Crippen LogP contribution in [-0.2, 0) is 14.3 Å². The predicted molar refractivity (Wildman–Crippen MR) is 126 cm³/mol. The molecule has 3 saturated heterocycles. The van der Waals surface area contributed by atoms with Gasteiger partial charge in [0.2, 0.25) is 5.91 Å². The van der Waals surface area contributed by atoms with Crippen molar-refractivity contribution >= 4 is 23.5 Å². The maximum absolute atomic E-state index is 13.2. The molecule has 0 saturated carbocycles. The van der Waals surface area contributed by atoms with E-state index in [9.17, 15) is 14.4 Å². The number of methoxy groups -OCH3 is 1. The van der Waals surface area contributed by atoms with Crippen LogP contribution < -0.4 is 10.2 Å². The molecule has 1 N–H and O–H groups in total. The number of piperidine rings is 2. The summed E-state index contributed by atoms with van der Waals surface area (Å²) in [4.78, 5) is 44.1. The fourth-order valence-corrected chi connectivity index (χ4v) is 5.57. The van der Waals surface area contributed by atoms with E-state index >= 15 is 0 Å². The van der Waals surface area contributed by atoms with Gasteiger partial charge in [0, 0.05) is 32.7 Å². The first kappa shape index (κ1) is 23.7. The smallest absolute Gasteiger partial charge is 0.329 e. The fraction of sp³-hybridized carbons (Fsp3) is 0.640. The molecule has 0 radical (unpaired) electrons. The second-order valence-electron chi connectivity index (χ2n) is 9.38. The SMILES string of the molecule is COCCN(CC1CCCN2CCCCC12)C(=O)CCC1NC(=O)N(c2ccccc2)C1=O. The summed E-state index contributed by atoms with van der Waals surface area (Å²) >= 11 is 0. The Balaban J connectivity index is 1.35. The van der Waals surface area contributed by atoms with Gasteiger partial charge in [0.25, 0.3) is 5.91 Å². The number of fused-ring (bicyclic) bond motifs is 1. The molecule has 3 fully saturated rings. The molecule has 8 heteroatoms. The summed E-state index contributed by atoms with van der Waals surface area (Å²) in [5.41, 5.74) is 0.546. The second-order valence-corrected chi connectivity index (χ2v) is 9.38. The van der Waals surface area contributed by atoms with Crippen LogP contribution in [0.1, 0.15) is 44.9 Å². The molecule has 0 aromatic heterocycles. The summed E-state index contributed by atoms with van der Waals surface area (Å²) in [6.07, 6.45) is 6.63. The van der Waals surface area contributed by atoms with Crippen LogP contribution >= 0.6 is 0 Å². The Morgan fingerprint density at radius 2 is 1.91 bits per heavy atom. The van der Waals surface area contributed by atoms with Gasteiger partial charge in [0.1, 0.15) is 6.04 Å². The standard InChI is InChI=1S/C25H36N4O4/c1-33-17-16-28(18-19-8-7-15-27-14-6-5-11-22(19)27)23(30)13-12-21-24(31)29(25(32)26-21)20-9-3-2-4-10-20/h2-4,9-10,19,21-22H,5-8,11-18H2,1H3,(H,26,32).